The second-order valence-electron chi connectivity index (χ2n) is 3.86. The van der Waals surface area contributed by atoms with E-state index in [1.54, 1.807) is 18.0 Å². The average molecular weight is 281 g/mol. The molecule has 0 aromatic carbocycles. The van der Waals surface area contributed by atoms with Gasteiger partial charge in [0.25, 0.3) is 0 Å². The van der Waals surface area contributed by atoms with Gasteiger partial charge in [0.05, 0.1) is 11.9 Å². The van der Waals surface area contributed by atoms with E-state index in [4.69, 9.17) is 12.2 Å². The van der Waals surface area contributed by atoms with E-state index in [2.05, 4.69) is 34.9 Å². The third kappa shape index (κ3) is 3.00. The Morgan fingerprint density at radius 1 is 1.50 bits per heavy atom. The molecule has 0 atom stereocenters. The number of fused-ring (bicyclic) bond motifs is 1. The van der Waals surface area contributed by atoms with Crippen molar-refractivity contribution in [1.82, 2.24) is 14.9 Å². The summed E-state index contributed by atoms with van der Waals surface area (Å²) in [7, 11) is 0. The fourth-order valence-electron chi connectivity index (χ4n) is 1.71. The van der Waals surface area contributed by atoms with Crippen molar-refractivity contribution in [3.8, 4) is 0 Å². The highest BCUT2D eigenvalue weighted by Crippen LogP contribution is 2.14. The van der Waals surface area contributed by atoms with Crippen molar-refractivity contribution in [3.63, 3.8) is 0 Å². The third-order valence-corrected chi connectivity index (χ3v) is 4.29. The highest BCUT2D eigenvalue weighted by atomic mass is 32.2. The Labute approximate surface area is 116 Å². The lowest BCUT2D eigenvalue weighted by Crippen LogP contribution is -2.26. The van der Waals surface area contributed by atoms with Crippen molar-refractivity contribution in [2.45, 2.75) is 19.6 Å². The van der Waals surface area contributed by atoms with Crippen LogP contribution >= 0.6 is 24.0 Å². The van der Waals surface area contributed by atoms with Gasteiger partial charge in [0.1, 0.15) is 22.4 Å². The summed E-state index contributed by atoms with van der Waals surface area (Å²) in [5.41, 5.74) is 1.13. The molecule has 2 heterocycles. The lowest BCUT2D eigenvalue weighted by atomic mass is 10.6. The molecule has 2 aromatic rings. The van der Waals surface area contributed by atoms with Crippen LogP contribution in [0.15, 0.2) is 24.7 Å². The molecular weight excluding hydrogens is 264 g/mol. The fraction of sp³-hybridized carbons (Fsp3) is 0.417. The molecule has 2 aromatic heterocycles. The molecule has 6 heteroatoms. The summed E-state index contributed by atoms with van der Waals surface area (Å²) in [6.07, 6.45) is 5.82. The van der Waals surface area contributed by atoms with Gasteiger partial charge >= 0.3 is 5.78 Å². The minimum atomic E-state index is 0.846. The van der Waals surface area contributed by atoms with E-state index in [9.17, 15) is 0 Å². The smallest absolute Gasteiger partial charge is 0.358 e. The Bertz CT molecular complexity index is 501. The Balaban J connectivity index is 1.99. The molecule has 0 aliphatic rings. The molecule has 1 N–H and O–H groups in total. The predicted octanol–water partition coefficient (Wildman–Crippen LogP) is 2.01. The van der Waals surface area contributed by atoms with Gasteiger partial charge in [-0.2, -0.15) is 0 Å². The van der Waals surface area contributed by atoms with Crippen molar-refractivity contribution < 1.29 is 4.40 Å². The van der Waals surface area contributed by atoms with E-state index in [0.29, 0.717) is 0 Å². The summed E-state index contributed by atoms with van der Waals surface area (Å²) in [6.45, 7) is 6.18. The lowest BCUT2D eigenvalue weighted by molar-refractivity contribution is -0.512. The number of imidazole rings is 1. The molecule has 0 aliphatic heterocycles. The number of nitrogens with one attached hydrogen (secondary N) is 1. The lowest BCUT2D eigenvalue weighted by Gasteiger charge is -2.20. The highest BCUT2D eigenvalue weighted by molar-refractivity contribution is 8.22. The van der Waals surface area contributed by atoms with Crippen LogP contribution in [0.1, 0.15) is 19.5 Å². The molecule has 0 spiro atoms. The molecule has 0 radical (unpaired) electrons. The fourth-order valence-corrected chi connectivity index (χ4v) is 3.01. The van der Waals surface area contributed by atoms with Crippen molar-refractivity contribution in [2.75, 3.05) is 13.1 Å². The van der Waals surface area contributed by atoms with Crippen LogP contribution < -0.4 is 4.40 Å². The Kier molecular flexibility index (Phi) is 4.54. The number of aromatic amines is 1. The molecule has 0 aliphatic carbocycles. The van der Waals surface area contributed by atoms with Crippen LogP contribution in [-0.2, 0) is 5.75 Å². The number of thioether (sulfide) groups is 1. The number of hydrogen-bond acceptors (Lipinski definition) is 3. The van der Waals surface area contributed by atoms with Crippen LogP contribution in [0.5, 0.6) is 0 Å². The zero-order valence-corrected chi connectivity index (χ0v) is 12.2. The van der Waals surface area contributed by atoms with Gasteiger partial charge in [-0.3, -0.25) is 0 Å². The molecule has 0 amide bonds. The number of hydrogen-bond donors (Lipinski definition) is 1. The monoisotopic (exact) mass is 281 g/mol. The van der Waals surface area contributed by atoms with Crippen molar-refractivity contribution in [3.05, 3.63) is 30.4 Å². The molecule has 0 fully saturated rings. The molecule has 0 bridgehead atoms. The Morgan fingerprint density at radius 3 is 2.94 bits per heavy atom. The van der Waals surface area contributed by atoms with Crippen molar-refractivity contribution >= 4 is 34.1 Å². The first-order valence-corrected chi connectivity index (χ1v) is 7.39. The normalized spacial score (nSPS) is 10.8. The largest absolute Gasteiger partial charge is 0.400 e. The van der Waals surface area contributed by atoms with E-state index < -0.39 is 0 Å². The molecule has 4 nitrogen and oxygen atoms in total. The minimum Gasteiger partial charge on any atom is -0.358 e. The molecule has 0 saturated carbocycles. The summed E-state index contributed by atoms with van der Waals surface area (Å²) in [5.74, 6) is 1.71. The summed E-state index contributed by atoms with van der Waals surface area (Å²) in [5, 5.41) is 0. The average Bonchev–Trinajstić information content (AvgIpc) is 2.80. The number of rotatable bonds is 4. The molecule has 0 saturated heterocycles. The van der Waals surface area contributed by atoms with E-state index in [1.807, 2.05) is 16.7 Å². The zero-order valence-electron chi connectivity index (χ0n) is 10.6. The topological polar surface area (TPSA) is 36.0 Å². The van der Waals surface area contributed by atoms with Gasteiger partial charge in [-0.05, 0) is 13.8 Å². The number of nitrogens with zero attached hydrogens (tertiary/aromatic N) is 3. The molecule has 18 heavy (non-hydrogen) atoms. The third-order valence-electron chi connectivity index (χ3n) is 2.71. The SMILES string of the molecule is CCN(CC)C(=S)SCc1c[n+]2cccnc2[nH]1. The molecule has 2 rings (SSSR count). The van der Waals surface area contributed by atoms with E-state index in [0.717, 1.165) is 34.6 Å². The van der Waals surface area contributed by atoms with Gasteiger partial charge in [-0.25, -0.2) is 9.38 Å². The summed E-state index contributed by atoms with van der Waals surface area (Å²) >= 11 is 7.09. The number of thiocarbonyl (C=S) groups is 1. The Hall–Kier alpha value is -1.14. The zero-order chi connectivity index (χ0) is 13.0. The van der Waals surface area contributed by atoms with Crippen LogP contribution in [-0.4, -0.2) is 32.3 Å². The van der Waals surface area contributed by atoms with Crippen LogP contribution in [0.25, 0.3) is 5.78 Å². The van der Waals surface area contributed by atoms with E-state index >= 15 is 0 Å². The van der Waals surface area contributed by atoms with Crippen LogP contribution in [0.4, 0.5) is 0 Å². The number of H-pyrrole nitrogens is 1. The maximum Gasteiger partial charge on any atom is 0.400 e. The quantitative estimate of drug-likeness (QED) is 0.687. The standard InChI is InChI=1S/C12H16N4S2/c1-3-15(4-2)12(17)18-9-10-8-16-7-5-6-13-11(16)14-10/h5-8H,3-4,9H2,1-2H3/p+1. The molecular formula is C12H17N4S2+. The van der Waals surface area contributed by atoms with Crippen LogP contribution in [0.3, 0.4) is 0 Å². The summed E-state index contributed by atoms with van der Waals surface area (Å²) in [4.78, 5) is 9.72. The number of aromatic nitrogens is 3. The van der Waals surface area contributed by atoms with Gasteiger partial charge in [0.15, 0.2) is 0 Å². The predicted molar refractivity (Wildman–Crippen MR) is 78.6 cm³/mol. The van der Waals surface area contributed by atoms with E-state index in [-0.39, 0.29) is 0 Å². The summed E-state index contributed by atoms with van der Waals surface area (Å²) in [6, 6.07) is 1.91. The van der Waals surface area contributed by atoms with Gasteiger partial charge < -0.3 is 4.90 Å². The molecule has 0 unspecified atom stereocenters. The molecule has 96 valence electrons. The van der Waals surface area contributed by atoms with Crippen molar-refractivity contribution in [1.29, 1.82) is 0 Å². The van der Waals surface area contributed by atoms with Gasteiger partial charge in [0, 0.05) is 19.2 Å². The highest BCUT2D eigenvalue weighted by Gasteiger charge is 2.11. The van der Waals surface area contributed by atoms with Gasteiger partial charge in [-0.15, -0.1) is 0 Å². The second kappa shape index (κ2) is 6.15. The minimum absolute atomic E-state index is 0.846. The Morgan fingerprint density at radius 2 is 2.28 bits per heavy atom. The van der Waals surface area contributed by atoms with E-state index in [1.165, 1.54) is 0 Å². The van der Waals surface area contributed by atoms with Crippen molar-refractivity contribution in [2.24, 2.45) is 0 Å². The van der Waals surface area contributed by atoms with Crippen LogP contribution in [0.2, 0.25) is 0 Å². The first kappa shape index (κ1) is 13.3. The first-order chi connectivity index (χ1) is 8.74. The maximum atomic E-state index is 5.41. The maximum absolute atomic E-state index is 5.41. The van der Waals surface area contributed by atoms with Crippen LogP contribution in [0, 0.1) is 0 Å². The van der Waals surface area contributed by atoms with Gasteiger partial charge in [0.2, 0.25) is 0 Å². The summed E-state index contributed by atoms with van der Waals surface area (Å²) < 4.78 is 2.94. The second-order valence-corrected chi connectivity index (χ2v) is 5.47. The van der Waals surface area contributed by atoms with Gasteiger partial charge in [-0.1, -0.05) is 29.0 Å². The first-order valence-electron chi connectivity index (χ1n) is 6.00.